The molecule has 0 radical (unpaired) electrons. The second-order valence-corrected chi connectivity index (χ2v) is 4.43. The Hall–Kier alpha value is -2.89. The smallest absolute Gasteiger partial charge is 0.326 e. The predicted molar refractivity (Wildman–Crippen MR) is 79.4 cm³/mol. The van der Waals surface area contributed by atoms with E-state index < -0.39 is 5.97 Å². The number of hydrogen-bond donors (Lipinski definition) is 2. The first-order chi connectivity index (χ1) is 10.1. The first kappa shape index (κ1) is 14.5. The van der Waals surface area contributed by atoms with Crippen LogP contribution in [0.1, 0.15) is 5.56 Å². The number of pyridine rings is 1. The molecule has 0 saturated carbocycles. The summed E-state index contributed by atoms with van der Waals surface area (Å²) >= 11 is 0. The van der Waals surface area contributed by atoms with Crippen LogP contribution in [0.15, 0.2) is 48.8 Å². The molecule has 0 spiro atoms. The van der Waals surface area contributed by atoms with Crippen LogP contribution in [0.5, 0.6) is 0 Å². The number of urea groups is 1. The van der Waals surface area contributed by atoms with Crippen molar-refractivity contribution in [3.8, 4) is 0 Å². The third-order valence-corrected chi connectivity index (χ3v) is 2.94. The number of carboxylic acid groups (broad SMARTS) is 1. The van der Waals surface area contributed by atoms with Crippen LogP contribution in [0, 0.1) is 0 Å². The maximum atomic E-state index is 12.2. The molecule has 21 heavy (non-hydrogen) atoms. The Labute approximate surface area is 122 Å². The summed E-state index contributed by atoms with van der Waals surface area (Å²) in [5.41, 5.74) is 1.68. The van der Waals surface area contributed by atoms with Gasteiger partial charge in [-0.1, -0.05) is 18.2 Å². The number of carbonyl (C=O) groups is 2. The summed E-state index contributed by atoms with van der Waals surface area (Å²) < 4.78 is 0. The van der Waals surface area contributed by atoms with E-state index in [-0.39, 0.29) is 12.5 Å². The Morgan fingerprint density at radius 1 is 1.24 bits per heavy atom. The van der Waals surface area contributed by atoms with Crippen molar-refractivity contribution in [3.63, 3.8) is 0 Å². The average Bonchev–Trinajstić information content (AvgIpc) is 2.49. The lowest BCUT2D eigenvalue weighted by Crippen LogP contribution is -2.31. The van der Waals surface area contributed by atoms with Crippen LogP contribution in [0.3, 0.4) is 0 Å². The lowest BCUT2D eigenvalue weighted by atomic mass is 10.1. The number of carbonyl (C=O) groups excluding carboxylic acids is 1. The van der Waals surface area contributed by atoms with E-state index in [1.807, 2.05) is 0 Å². The van der Waals surface area contributed by atoms with Gasteiger partial charge in [0, 0.05) is 18.9 Å². The summed E-state index contributed by atoms with van der Waals surface area (Å²) in [7, 11) is 1.62. The minimum absolute atomic E-state index is 0.146. The predicted octanol–water partition coefficient (Wildman–Crippen LogP) is 2.38. The van der Waals surface area contributed by atoms with Gasteiger partial charge < -0.3 is 10.4 Å². The fraction of sp³-hybridized carbons (Fsp3) is 0.133. The maximum Gasteiger partial charge on any atom is 0.326 e. The van der Waals surface area contributed by atoms with Gasteiger partial charge in [0.1, 0.15) is 0 Å². The Kier molecular flexibility index (Phi) is 4.50. The molecule has 0 saturated heterocycles. The zero-order valence-corrected chi connectivity index (χ0v) is 11.5. The molecule has 108 valence electrons. The van der Waals surface area contributed by atoms with E-state index in [1.54, 1.807) is 55.8 Å². The van der Waals surface area contributed by atoms with Gasteiger partial charge >= 0.3 is 12.0 Å². The SMILES string of the molecule is CN(C(=O)Nc1ccccc1CC(=O)O)c1cccnc1. The van der Waals surface area contributed by atoms with Crippen molar-refractivity contribution in [2.45, 2.75) is 6.42 Å². The Morgan fingerprint density at radius 3 is 2.67 bits per heavy atom. The Balaban J connectivity index is 2.14. The van der Waals surface area contributed by atoms with E-state index in [1.165, 1.54) is 4.90 Å². The highest BCUT2D eigenvalue weighted by atomic mass is 16.4. The Morgan fingerprint density at radius 2 is 2.00 bits per heavy atom. The van der Waals surface area contributed by atoms with Gasteiger partial charge in [0.05, 0.1) is 18.3 Å². The number of benzene rings is 1. The first-order valence-electron chi connectivity index (χ1n) is 6.32. The molecule has 0 bridgehead atoms. The van der Waals surface area contributed by atoms with Crippen LogP contribution in [0.25, 0.3) is 0 Å². The molecule has 0 aliphatic heterocycles. The van der Waals surface area contributed by atoms with Crippen molar-refractivity contribution >= 4 is 23.4 Å². The number of anilines is 2. The minimum atomic E-state index is -0.947. The number of amides is 2. The van der Waals surface area contributed by atoms with Gasteiger partial charge in [0.2, 0.25) is 0 Å². The van der Waals surface area contributed by atoms with Gasteiger partial charge in [0.25, 0.3) is 0 Å². The highest BCUT2D eigenvalue weighted by molar-refractivity contribution is 6.01. The third-order valence-electron chi connectivity index (χ3n) is 2.94. The zero-order valence-electron chi connectivity index (χ0n) is 11.5. The van der Waals surface area contributed by atoms with Crippen LogP contribution >= 0.6 is 0 Å². The van der Waals surface area contributed by atoms with Crippen molar-refractivity contribution in [2.75, 3.05) is 17.3 Å². The van der Waals surface area contributed by atoms with Crippen molar-refractivity contribution in [1.82, 2.24) is 4.98 Å². The largest absolute Gasteiger partial charge is 0.481 e. The maximum absolute atomic E-state index is 12.2. The van der Waals surface area contributed by atoms with Gasteiger partial charge in [-0.15, -0.1) is 0 Å². The Bertz CT molecular complexity index is 644. The molecule has 2 amide bonds. The van der Waals surface area contributed by atoms with Crippen molar-refractivity contribution < 1.29 is 14.7 Å². The van der Waals surface area contributed by atoms with Gasteiger partial charge in [-0.3, -0.25) is 14.7 Å². The van der Waals surface area contributed by atoms with Crippen LogP contribution < -0.4 is 10.2 Å². The lowest BCUT2D eigenvalue weighted by molar-refractivity contribution is -0.136. The van der Waals surface area contributed by atoms with Gasteiger partial charge in [0.15, 0.2) is 0 Å². The van der Waals surface area contributed by atoms with E-state index in [0.717, 1.165) is 0 Å². The molecule has 6 heteroatoms. The molecule has 6 nitrogen and oxygen atoms in total. The molecule has 0 unspecified atom stereocenters. The molecule has 0 fully saturated rings. The highest BCUT2D eigenvalue weighted by Gasteiger charge is 2.13. The van der Waals surface area contributed by atoms with Crippen molar-refractivity contribution in [2.24, 2.45) is 0 Å². The molecular formula is C15H15N3O3. The van der Waals surface area contributed by atoms with Gasteiger partial charge in [-0.2, -0.15) is 0 Å². The number of rotatable bonds is 4. The molecule has 0 aliphatic carbocycles. The normalized spacial score (nSPS) is 9.95. The topological polar surface area (TPSA) is 82.5 Å². The molecule has 2 rings (SSSR count). The molecule has 2 N–H and O–H groups in total. The molecule has 0 aliphatic rings. The van der Waals surface area contributed by atoms with E-state index in [9.17, 15) is 9.59 Å². The fourth-order valence-corrected chi connectivity index (χ4v) is 1.83. The summed E-state index contributed by atoms with van der Waals surface area (Å²) in [5, 5.41) is 11.6. The standard InChI is InChI=1S/C15H15N3O3/c1-18(12-6-4-8-16-10-12)15(21)17-13-7-3-2-5-11(13)9-14(19)20/h2-8,10H,9H2,1H3,(H,17,21)(H,19,20). The van der Waals surface area contributed by atoms with Crippen molar-refractivity contribution in [3.05, 3.63) is 54.4 Å². The number of aromatic nitrogens is 1. The molecule has 2 aromatic rings. The molecule has 1 heterocycles. The first-order valence-corrected chi connectivity index (χ1v) is 6.32. The highest BCUT2D eigenvalue weighted by Crippen LogP contribution is 2.18. The molecule has 1 aromatic heterocycles. The quantitative estimate of drug-likeness (QED) is 0.903. The number of aliphatic carboxylic acids is 1. The lowest BCUT2D eigenvalue weighted by Gasteiger charge is -2.18. The zero-order chi connectivity index (χ0) is 15.2. The summed E-state index contributed by atoms with van der Waals surface area (Å²) in [6.45, 7) is 0. The summed E-state index contributed by atoms with van der Waals surface area (Å²) in [5.74, 6) is -0.947. The van der Waals surface area contributed by atoms with Crippen LogP contribution in [0.2, 0.25) is 0 Å². The third kappa shape index (κ3) is 3.79. The molecule has 0 atom stereocenters. The van der Waals surface area contributed by atoms with Crippen LogP contribution in [-0.2, 0) is 11.2 Å². The summed E-state index contributed by atoms with van der Waals surface area (Å²) in [6.07, 6.45) is 3.05. The number of nitrogens with zero attached hydrogens (tertiary/aromatic N) is 2. The van der Waals surface area contributed by atoms with Crippen molar-refractivity contribution in [1.29, 1.82) is 0 Å². The van der Waals surface area contributed by atoms with E-state index in [4.69, 9.17) is 5.11 Å². The molecule has 1 aromatic carbocycles. The summed E-state index contributed by atoms with van der Waals surface area (Å²) in [6, 6.07) is 9.96. The minimum Gasteiger partial charge on any atom is -0.481 e. The number of hydrogen-bond acceptors (Lipinski definition) is 3. The van der Waals surface area contributed by atoms with E-state index in [0.29, 0.717) is 16.9 Å². The fourth-order valence-electron chi connectivity index (χ4n) is 1.83. The van der Waals surface area contributed by atoms with Crippen LogP contribution in [-0.4, -0.2) is 29.1 Å². The van der Waals surface area contributed by atoms with E-state index in [2.05, 4.69) is 10.3 Å². The monoisotopic (exact) mass is 285 g/mol. The van der Waals surface area contributed by atoms with Crippen LogP contribution in [0.4, 0.5) is 16.2 Å². The second-order valence-electron chi connectivity index (χ2n) is 4.43. The average molecular weight is 285 g/mol. The number of para-hydroxylation sites is 1. The number of nitrogens with one attached hydrogen (secondary N) is 1. The summed E-state index contributed by atoms with van der Waals surface area (Å²) in [4.78, 5) is 28.4. The molecular weight excluding hydrogens is 270 g/mol. The van der Waals surface area contributed by atoms with Gasteiger partial charge in [-0.05, 0) is 23.8 Å². The van der Waals surface area contributed by atoms with E-state index >= 15 is 0 Å². The number of carboxylic acids is 1. The second kappa shape index (κ2) is 6.51. The van der Waals surface area contributed by atoms with Gasteiger partial charge in [-0.25, -0.2) is 4.79 Å².